The molecular weight excluding hydrogens is 655 g/mol. The molecule has 0 fully saturated rings. The number of rotatable bonds is 9. The third-order valence-electron chi connectivity index (χ3n) is 9.24. The summed E-state index contributed by atoms with van der Waals surface area (Å²) in [6.07, 6.45) is 0. The van der Waals surface area contributed by atoms with Gasteiger partial charge in [-0.1, -0.05) is 18.2 Å². The fourth-order valence-corrected chi connectivity index (χ4v) is 16.9. The molecule has 8 aromatic rings. The molecule has 0 bridgehead atoms. The molecule has 234 valence electrons. The number of hydrogen-bond acceptors (Lipinski definition) is 2. The zero-order chi connectivity index (χ0) is 32.9. The van der Waals surface area contributed by atoms with Gasteiger partial charge in [-0.25, -0.2) is 0 Å². The van der Waals surface area contributed by atoms with Crippen LogP contribution in [-0.4, -0.2) is 13.3 Å². The van der Waals surface area contributed by atoms with E-state index in [4.69, 9.17) is 4.74 Å². The van der Waals surface area contributed by atoms with Crippen LogP contribution in [0.2, 0.25) is 0 Å². The first-order valence-corrected chi connectivity index (χ1v) is 20.9. The quantitative estimate of drug-likeness (QED) is 0.140. The molecule has 0 unspecified atom stereocenters. The van der Waals surface area contributed by atoms with Gasteiger partial charge < -0.3 is 0 Å². The molecule has 8 rings (SSSR count). The molecule has 3 heteroatoms. The molecule has 0 saturated heterocycles. The summed E-state index contributed by atoms with van der Waals surface area (Å²) in [4.78, 5) is 2.34. The van der Waals surface area contributed by atoms with Crippen LogP contribution >= 0.6 is 0 Å². The molecule has 0 aliphatic heterocycles. The average Bonchev–Trinajstić information content (AvgIpc) is 3.18. The van der Waals surface area contributed by atoms with E-state index < -0.39 is 13.3 Å². The van der Waals surface area contributed by atoms with Gasteiger partial charge in [-0.3, -0.25) is 0 Å². The van der Waals surface area contributed by atoms with Gasteiger partial charge in [0.2, 0.25) is 0 Å². The summed E-state index contributed by atoms with van der Waals surface area (Å²) >= 11 is -3.38. The van der Waals surface area contributed by atoms with Gasteiger partial charge in [0.1, 0.15) is 0 Å². The molecule has 0 amide bonds. The molecule has 0 aliphatic carbocycles. The average molecular weight is 690 g/mol. The number of ether oxygens (including phenoxy) is 1. The van der Waals surface area contributed by atoms with Crippen molar-refractivity contribution < 1.29 is 4.74 Å². The fourth-order valence-electron chi connectivity index (χ4n) is 6.98. The second kappa shape index (κ2) is 13.7. The summed E-state index contributed by atoms with van der Waals surface area (Å²) in [5, 5.41) is 2.43. The number of hydrogen-bond donors (Lipinski definition) is 0. The summed E-state index contributed by atoms with van der Waals surface area (Å²) in [6.45, 7) is 0. The van der Waals surface area contributed by atoms with E-state index in [0.717, 1.165) is 28.6 Å². The summed E-state index contributed by atoms with van der Waals surface area (Å²) < 4.78 is 11.8. The van der Waals surface area contributed by atoms with Crippen molar-refractivity contribution >= 4 is 58.7 Å². The summed E-state index contributed by atoms with van der Waals surface area (Å²) in [5.41, 5.74) is 3.26. The molecule has 0 aromatic heterocycles. The molecule has 0 saturated carbocycles. The third-order valence-corrected chi connectivity index (χ3v) is 19.3. The van der Waals surface area contributed by atoms with Crippen LogP contribution in [0.5, 0.6) is 11.5 Å². The van der Waals surface area contributed by atoms with Crippen molar-refractivity contribution in [1.29, 1.82) is 0 Å². The third kappa shape index (κ3) is 6.03. The van der Waals surface area contributed by atoms with E-state index in [1.807, 2.05) is 42.5 Å². The molecule has 49 heavy (non-hydrogen) atoms. The van der Waals surface area contributed by atoms with Crippen molar-refractivity contribution in [1.82, 2.24) is 0 Å². The number of para-hydroxylation sites is 1. The van der Waals surface area contributed by atoms with Gasteiger partial charge >= 0.3 is 274 Å². The van der Waals surface area contributed by atoms with Crippen molar-refractivity contribution in [2.24, 2.45) is 0 Å². The second-order valence-electron chi connectivity index (χ2n) is 12.2. The number of benzene rings is 8. The first-order valence-electron chi connectivity index (χ1n) is 16.7. The van der Waals surface area contributed by atoms with Crippen molar-refractivity contribution in [2.75, 3.05) is 4.90 Å². The number of nitrogens with zero attached hydrogens (tertiary/aromatic N) is 1. The van der Waals surface area contributed by atoms with Gasteiger partial charge in [-0.05, 0) is 0 Å². The van der Waals surface area contributed by atoms with E-state index in [2.05, 4.69) is 175 Å². The Hall–Kier alpha value is -5.84. The molecule has 0 aliphatic rings. The van der Waals surface area contributed by atoms with E-state index in [1.165, 1.54) is 28.4 Å². The summed E-state index contributed by atoms with van der Waals surface area (Å²) in [5.74, 6) is 1.62. The van der Waals surface area contributed by atoms with Crippen LogP contribution in [0.25, 0.3) is 10.8 Å². The smallest absolute Gasteiger partial charge is 0.0586 e. The Labute approximate surface area is 290 Å². The topological polar surface area (TPSA) is 12.5 Å². The minimum absolute atomic E-state index is 0.801. The maximum absolute atomic E-state index is 6.15. The molecule has 0 heterocycles. The van der Waals surface area contributed by atoms with Crippen molar-refractivity contribution in [3.8, 4) is 11.5 Å². The van der Waals surface area contributed by atoms with Crippen LogP contribution in [0.4, 0.5) is 17.1 Å². The molecule has 2 nitrogen and oxygen atoms in total. The second-order valence-corrected chi connectivity index (χ2v) is 20.2. The summed E-state index contributed by atoms with van der Waals surface area (Å²) in [7, 11) is 0. The predicted molar refractivity (Wildman–Crippen MR) is 209 cm³/mol. The standard InChI is InChI=1S/C46H35GeNO/c1-5-17-38(18-6-1)47(39-19-7-2-8-20-39,40-21-9-3-10-22-40)41-26-29-42(30-27-41)48(44-28-25-36-15-13-14-16-37(36)35-44)43-31-33-46(34-32-43)49-45-23-11-4-12-24-45/h1-35H. The Morgan fingerprint density at radius 3 is 1.22 bits per heavy atom. The number of fused-ring (bicyclic) bond motifs is 1. The Bertz CT molecular complexity index is 2180. The first kappa shape index (κ1) is 30.5. The van der Waals surface area contributed by atoms with Crippen molar-refractivity contribution in [3.05, 3.63) is 212 Å². The van der Waals surface area contributed by atoms with Crippen LogP contribution in [0.15, 0.2) is 212 Å². The van der Waals surface area contributed by atoms with Gasteiger partial charge in [0.25, 0.3) is 0 Å². The minimum Gasteiger partial charge on any atom is -0.0586 e. The van der Waals surface area contributed by atoms with E-state index >= 15 is 0 Å². The Morgan fingerprint density at radius 2 is 0.694 bits per heavy atom. The molecule has 8 aromatic carbocycles. The fraction of sp³-hybridized carbons (Fsp3) is 0. The van der Waals surface area contributed by atoms with Crippen LogP contribution in [-0.2, 0) is 0 Å². The molecule has 0 radical (unpaired) electrons. The van der Waals surface area contributed by atoms with Crippen LogP contribution in [0.1, 0.15) is 0 Å². The Balaban J connectivity index is 1.26. The predicted octanol–water partition coefficient (Wildman–Crippen LogP) is 9.48. The molecule has 0 spiro atoms. The van der Waals surface area contributed by atoms with Crippen molar-refractivity contribution in [2.45, 2.75) is 0 Å². The van der Waals surface area contributed by atoms with Crippen LogP contribution in [0, 0.1) is 0 Å². The van der Waals surface area contributed by atoms with E-state index in [-0.39, 0.29) is 0 Å². The van der Waals surface area contributed by atoms with E-state index in [9.17, 15) is 0 Å². The molecule has 0 atom stereocenters. The minimum atomic E-state index is -3.38. The zero-order valence-electron chi connectivity index (χ0n) is 27.1. The first-order chi connectivity index (χ1) is 24.3. The van der Waals surface area contributed by atoms with Crippen molar-refractivity contribution in [3.63, 3.8) is 0 Å². The van der Waals surface area contributed by atoms with Crippen LogP contribution in [0.3, 0.4) is 0 Å². The number of anilines is 3. The molecule has 0 N–H and O–H groups in total. The van der Waals surface area contributed by atoms with Gasteiger partial charge in [-0.15, -0.1) is 0 Å². The van der Waals surface area contributed by atoms with Gasteiger partial charge in [-0.2, -0.15) is 0 Å². The monoisotopic (exact) mass is 691 g/mol. The van der Waals surface area contributed by atoms with Crippen LogP contribution < -0.4 is 27.2 Å². The normalized spacial score (nSPS) is 11.3. The maximum atomic E-state index is 6.15. The van der Waals surface area contributed by atoms with Gasteiger partial charge in [0, 0.05) is 0 Å². The summed E-state index contributed by atoms with van der Waals surface area (Å²) in [6, 6.07) is 76.3. The SMILES string of the molecule is c1ccc(Oc2ccc(N(c3cc[c]([Ge]([c]4ccccc4)([c]4ccccc4)[c]4ccccc4)cc3)c3ccc4ccccc4c3)cc2)cc1. The Kier molecular flexibility index (Phi) is 8.54. The van der Waals surface area contributed by atoms with Gasteiger partial charge in [0.05, 0.1) is 0 Å². The van der Waals surface area contributed by atoms with Gasteiger partial charge in [0.15, 0.2) is 0 Å². The Morgan fingerprint density at radius 1 is 0.306 bits per heavy atom. The zero-order valence-corrected chi connectivity index (χ0v) is 29.2. The van der Waals surface area contributed by atoms with E-state index in [0.29, 0.717) is 0 Å². The van der Waals surface area contributed by atoms with E-state index in [1.54, 1.807) is 0 Å². The molecular formula is C46H35GeNO.